The number of aryl methyl sites for hydroxylation is 2. The first-order valence-corrected chi connectivity index (χ1v) is 11.4. The summed E-state index contributed by atoms with van der Waals surface area (Å²) in [6.45, 7) is 10.9. The van der Waals surface area contributed by atoms with Gasteiger partial charge in [-0.05, 0) is 72.7 Å². The lowest BCUT2D eigenvalue weighted by Crippen LogP contribution is -2.24. The van der Waals surface area contributed by atoms with E-state index >= 15 is 0 Å². The van der Waals surface area contributed by atoms with E-state index in [0.717, 1.165) is 34.7 Å². The molecule has 1 aliphatic heterocycles. The summed E-state index contributed by atoms with van der Waals surface area (Å²) in [5, 5.41) is 3.36. The van der Waals surface area contributed by atoms with Gasteiger partial charge < -0.3 is 14.8 Å². The Kier molecular flexibility index (Phi) is 5.91. The molecule has 1 unspecified atom stereocenters. The minimum Gasteiger partial charge on any atom is -0.366 e. The van der Waals surface area contributed by atoms with Crippen LogP contribution in [-0.2, 0) is 0 Å². The van der Waals surface area contributed by atoms with E-state index in [1.807, 2.05) is 64.2 Å². The van der Waals surface area contributed by atoms with E-state index in [-0.39, 0.29) is 11.2 Å². The molecule has 156 valence electrons. The Morgan fingerprint density at radius 1 is 1.24 bits per heavy atom. The molecule has 1 amide bonds. The molecular weight excluding hydrogens is 384 g/mol. The summed E-state index contributed by atoms with van der Waals surface area (Å²) < 4.78 is 13.7. The maximum absolute atomic E-state index is 12.4. The number of anilines is 2. The van der Waals surface area contributed by atoms with Gasteiger partial charge in [0.25, 0.3) is 5.91 Å². The van der Waals surface area contributed by atoms with Gasteiger partial charge in [-0.15, -0.1) is 0 Å². The molecule has 0 aliphatic carbocycles. The van der Waals surface area contributed by atoms with E-state index in [0.29, 0.717) is 10.5 Å². The van der Waals surface area contributed by atoms with Crippen LogP contribution < -0.4 is 10.0 Å². The van der Waals surface area contributed by atoms with Crippen molar-refractivity contribution in [1.82, 2.24) is 9.62 Å². The fraction of sp³-hybridized carbons (Fsp3) is 0.364. The van der Waals surface area contributed by atoms with Crippen molar-refractivity contribution < 1.29 is 9.35 Å². The minimum atomic E-state index is -2.30. The van der Waals surface area contributed by atoms with Crippen molar-refractivity contribution in [3.8, 4) is 0 Å². The number of aliphatic imine (C=N–C) groups is 1. The zero-order chi connectivity index (χ0) is 21.3. The largest absolute Gasteiger partial charge is 0.366 e. The Morgan fingerprint density at radius 3 is 2.62 bits per heavy atom. The second kappa shape index (κ2) is 8.08. The quantitative estimate of drug-likeness (QED) is 0.439. The zero-order valence-corrected chi connectivity index (χ0v) is 18.7. The van der Waals surface area contributed by atoms with Crippen LogP contribution in [0.1, 0.15) is 42.3 Å². The molecule has 0 aromatic heterocycles. The Bertz CT molecular complexity index is 974. The summed E-state index contributed by atoms with van der Waals surface area (Å²) in [6, 6.07) is 9.70. The van der Waals surface area contributed by atoms with E-state index in [1.54, 1.807) is 0 Å². The molecule has 2 aromatic carbocycles. The highest BCUT2D eigenvalue weighted by Gasteiger charge is 2.39. The number of carbonyl (C=O) groups is 1. The van der Waals surface area contributed by atoms with Crippen LogP contribution in [0.25, 0.3) is 0 Å². The number of benzene rings is 2. The minimum absolute atomic E-state index is 0.0451. The molecule has 6 nitrogen and oxygen atoms in total. The van der Waals surface area contributed by atoms with Gasteiger partial charge >= 0.3 is 0 Å². The Labute approximate surface area is 174 Å². The monoisotopic (exact) mass is 414 g/mol. The van der Waals surface area contributed by atoms with Crippen LogP contribution in [0.15, 0.2) is 40.2 Å². The molecule has 0 fully saturated rings. The third-order valence-electron chi connectivity index (χ3n) is 5.20. The van der Waals surface area contributed by atoms with Gasteiger partial charge in [0.2, 0.25) is 0 Å². The normalized spacial score (nSPS) is 20.5. The number of carbonyl (C=O) groups excluding carboxylic acids is 1. The lowest BCUT2D eigenvalue weighted by Gasteiger charge is -2.33. The van der Waals surface area contributed by atoms with Gasteiger partial charge in [0, 0.05) is 35.1 Å². The number of rotatable bonds is 6. The summed E-state index contributed by atoms with van der Waals surface area (Å²) in [6.07, 6.45) is 1.84. The van der Waals surface area contributed by atoms with Crippen molar-refractivity contribution in [2.24, 2.45) is 4.99 Å². The summed E-state index contributed by atoms with van der Waals surface area (Å²) in [5.74, 6) is -0.215. The number of hydrogen-bond donors (Lipinski definition) is 3. The average molecular weight is 415 g/mol. The van der Waals surface area contributed by atoms with Crippen molar-refractivity contribution in [3.63, 3.8) is 0 Å². The van der Waals surface area contributed by atoms with Gasteiger partial charge in [-0.2, -0.15) is 0 Å². The Morgan fingerprint density at radius 2 is 1.97 bits per heavy atom. The third-order valence-corrected chi connectivity index (χ3v) is 8.09. The molecular formula is C22H30N4O2S. The summed E-state index contributed by atoms with van der Waals surface area (Å²) in [7, 11) is -0.308. The topological polar surface area (TPSA) is 77.0 Å². The maximum atomic E-state index is 12.4. The van der Waals surface area contributed by atoms with Gasteiger partial charge in [-0.3, -0.25) is 9.52 Å². The van der Waals surface area contributed by atoms with Crippen LogP contribution in [0.2, 0.25) is 0 Å². The van der Waals surface area contributed by atoms with Gasteiger partial charge in [0.1, 0.15) is 0 Å². The maximum Gasteiger partial charge on any atom is 0.262 e. The smallest absolute Gasteiger partial charge is 0.262 e. The molecule has 1 atom stereocenters. The summed E-state index contributed by atoms with van der Waals surface area (Å²) in [4.78, 5) is 19.7. The van der Waals surface area contributed by atoms with Crippen LogP contribution in [-0.4, -0.2) is 40.5 Å². The molecule has 7 heteroatoms. The zero-order valence-electron chi connectivity index (χ0n) is 17.9. The fourth-order valence-corrected chi connectivity index (χ4v) is 5.16. The molecule has 1 heterocycles. The lowest BCUT2D eigenvalue weighted by molar-refractivity contribution is 0.0984. The van der Waals surface area contributed by atoms with E-state index in [1.165, 1.54) is 0 Å². The molecule has 0 bridgehead atoms. The number of nitrogens with one attached hydrogen (secondary N) is 2. The van der Waals surface area contributed by atoms with Gasteiger partial charge in [0.15, 0.2) is 0 Å². The average Bonchev–Trinajstić information content (AvgIpc) is 2.94. The highest BCUT2D eigenvalue weighted by atomic mass is 32.3. The molecule has 3 N–H and O–H groups in total. The molecule has 0 spiro atoms. The highest BCUT2D eigenvalue weighted by Crippen LogP contribution is 2.57. The standard InChI is InChI=1S/C22H30N4O2S/c1-7-26(6)13-23-19-10-16(5)20(11-15(19)4)24-17-8-9-21-18(12-17)22(27)25-29(21,28)14(2)3/h8-14,24,28H,7H2,1-6H3,(H,25,27)/b23-13+. The molecule has 3 rings (SSSR count). The van der Waals surface area contributed by atoms with Crippen molar-refractivity contribution >= 4 is 39.8 Å². The Balaban J connectivity index is 1.88. The van der Waals surface area contributed by atoms with Gasteiger partial charge in [-0.1, -0.05) is 13.8 Å². The predicted octanol–water partition coefficient (Wildman–Crippen LogP) is 5.36. The molecule has 1 aliphatic rings. The van der Waals surface area contributed by atoms with Crippen molar-refractivity contribution in [3.05, 3.63) is 47.0 Å². The van der Waals surface area contributed by atoms with Crippen LogP contribution in [0, 0.1) is 13.8 Å². The molecule has 2 aromatic rings. The van der Waals surface area contributed by atoms with E-state index < -0.39 is 10.5 Å². The van der Waals surface area contributed by atoms with Crippen LogP contribution in [0.4, 0.5) is 17.1 Å². The van der Waals surface area contributed by atoms with Crippen molar-refractivity contribution in [1.29, 1.82) is 0 Å². The first kappa shape index (κ1) is 21.2. The Hall–Kier alpha value is -2.51. The number of nitrogens with zero attached hydrogens (tertiary/aromatic N) is 2. The fourth-order valence-electron chi connectivity index (χ4n) is 3.15. The lowest BCUT2D eigenvalue weighted by atomic mass is 10.1. The first-order valence-electron chi connectivity index (χ1n) is 9.79. The van der Waals surface area contributed by atoms with Gasteiger partial charge in [0.05, 0.1) is 17.6 Å². The summed E-state index contributed by atoms with van der Waals surface area (Å²) in [5.41, 5.74) is 5.39. The van der Waals surface area contributed by atoms with E-state index in [4.69, 9.17) is 0 Å². The number of amides is 1. The predicted molar refractivity (Wildman–Crippen MR) is 123 cm³/mol. The molecule has 0 saturated heterocycles. The van der Waals surface area contributed by atoms with E-state index in [9.17, 15) is 9.35 Å². The molecule has 0 saturated carbocycles. The van der Waals surface area contributed by atoms with Crippen LogP contribution >= 0.6 is 10.5 Å². The van der Waals surface area contributed by atoms with Crippen LogP contribution in [0.3, 0.4) is 0 Å². The summed E-state index contributed by atoms with van der Waals surface area (Å²) >= 11 is 0. The second-order valence-electron chi connectivity index (χ2n) is 7.71. The molecule has 0 radical (unpaired) electrons. The number of fused-ring (bicyclic) bond motifs is 1. The van der Waals surface area contributed by atoms with Crippen molar-refractivity contribution in [2.45, 2.75) is 44.8 Å². The van der Waals surface area contributed by atoms with E-state index in [2.05, 4.69) is 34.1 Å². The van der Waals surface area contributed by atoms with Gasteiger partial charge in [-0.25, -0.2) is 4.99 Å². The van der Waals surface area contributed by atoms with Crippen molar-refractivity contribution in [2.75, 3.05) is 18.9 Å². The second-order valence-corrected chi connectivity index (χ2v) is 10.6. The molecule has 29 heavy (non-hydrogen) atoms. The third kappa shape index (κ3) is 4.11. The highest BCUT2D eigenvalue weighted by molar-refractivity contribution is 8.28. The number of hydrogen-bond acceptors (Lipinski definition) is 4. The first-order chi connectivity index (χ1) is 13.7. The SMILES string of the molecule is CCN(C)/C=N/c1cc(C)c(Nc2ccc3c(c2)C(=O)NS3(O)C(C)C)cc1C. The van der Waals surface area contributed by atoms with Crippen LogP contribution in [0.5, 0.6) is 0 Å².